The van der Waals surface area contributed by atoms with Crippen LogP contribution in [0.1, 0.15) is 22.5 Å². The van der Waals surface area contributed by atoms with Crippen LogP contribution in [0.3, 0.4) is 0 Å². The molecular weight excluding hydrogens is 154 g/mol. The molecule has 4 heteroatoms. The molecule has 0 radical (unpaired) electrons. The van der Waals surface area contributed by atoms with Crippen molar-refractivity contribution < 1.29 is 5.21 Å². The van der Waals surface area contributed by atoms with Crippen LogP contribution in [-0.4, -0.2) is 16.4 Å². The molecule has 0 saturated heterocycles. The van der Waals surface area contributed by atoms with E-state index in [-0.39, 0.29) is 0 Å². The van der Waals surface area contributed by atoms with Crippen LogP contribution in [0.5, 0.6) is 0 Å². The second kappa shape index (κ2) is 3.09. The van der Waals surface area contributed by atoms with E-state index in [0.29, 0.717) is 11.3 Å². The summed E-state index contributed by atoms with van der Waals surface area (Å²) in [4.78, 5) is 2.93. The second-order valence-electron chi connectivity index (χ2n) is 2.52. The molecule has 1 aromatic heterocycles. The van der Waals surface area contributed by atoms with E-state index in [2.05, 4.69) is 16.2 Å². The predicted octanol–water partition coefficient (Wildman–Crippen LogP) is 1.31. The molecule has 0 aliphatic rings. The lowest BCUT2D eigenvalue weighted by Crippen LogP contribution is -1.84. The third-order valence-corrected chi connectivity index (χ3v) is 1.77. The smallest absolute Gasteiger partial charge is 0.101 e. The first-order valence-electron chi connectivity index (χ1n) is 3.47. The van der Waals surface area contributed by atoms with Gasteiger partial charge in [0.25, 0.3) is 0 Å². The minimum atomic E-state index is 0.616. The molecule has 0 unspecified atom stereocenters. The standard InChI is InChI=1S/C8H9N3O/c1-5-7(3-9)6(2)11-8(5)4-10-12/h4,11-12H,1-2H3/b10-4+. The lowest BCUT2D eigenvalue weighted by molar-refractivity contribution is 0.321. The minimum absolute atomic E-state index is 0.616. The van der Waals surface area contributed by atoms with Crippen LogP contribution in [0.25, 0.3) is 0 Å². The average molecular weight is 163 g/mol. The van der Waals surface area contributed by atoms with Crippen molar-refractivity contribution >= 4 is 6.21 Å². The Balaban J connectivity index is 3.28. The van der Waals surface area contributed by atoms with Crippen LogP contribution < -0.4 is 0 Å². The maximum absolute atomic E-state index is 8.70. The number of nitrogens with zero attached hydrogens (tertiary/aromatic N) is 2. The molecule has 0 saturated carbocycles. The third-order valence-electron chi connectivity index (χ3n) is 1.77. The van der Waals surface area contributed by atoms with Crippen LogP contribution in [0.4, 0.5) is 0 Å². The number of nitrogens with one attached hydrogen (secondary N) is 1. The van der Waals surface area contributed by atoms with Crippen molar-refractivity contribution in [2.24, 2.45) is 5.16 Å². The van der Waals surface area contributed by atoms with Crippen LogP contribution in [0.2, 0.25) is 0 Å². The van der Waals surface area contributed by atoms with E-state index in [9.17, 15) is 0 Å². The van der Waals surface area contributed by atoms with Crippen LogP contribution in [0, 0.1) is 25.2 Å². The summed E-state index contributed by atoms with van der Waals surface area (Å²) in [6.07, 6.45) is 1.28. The Morgan fingerprint density at radius 2 is 2.25 bits per heavy atom. The van der Waals surface area contributed by atoms with E-state index in [1.54, 1.807) is 13.8 Å². The Kier molecular flexibility index (Phi) is 2.15. The van der Waals surface area contributed by atoms with Gasteiger partial charge in [-0.15, -0.1) is 0 Å². The van der Waals surface area contributed by atoms with Crippen molar-refractivity contribution in [2.45, 2.75) is 13.8 Å². The van der Waals surface area contributed by atoms with E-state index in [0.717, 1.165) is 11.3 Å². The van der Waals surface area contributed by atoms with Gasteiger partial charge in [0.2, 0.25) is 0 Å². The summed E-state index contributed by atoms with van der Waals surface area (Å²) >= 11 is 0. The number of nitriles is 1. The molecule has 2 N–H and O–H groups in total. The molecule has 1 heterocycles. The molecule has 0 aliphatic carbocycles. The zero-order valence-electron chi connectivity index (χ0n) is 6.92. The molecule has 4 nitrogen and oxygen atoms in total. The molecule has 0 bridgehead atoms. The lowest BCUT2D eigenvalue weighted by atomic mass is 10.1. The number of aromatic amines is 1. The first-order valence-corrected chi connectivity index (χ1v) is 3.47. The SMILES string of the molecule is Cc1[nH]c(/C=N/O)c(C)c1C#N. The van der Waals surface area contributed by atoms with E-state index in [4.69, 9.17) is 10.5 Å². The highest BCUT2D eigenvalue weighted by molar-refractivity contribution is 5.80. The molecule has 0 amide bonds. The third kappa shape index (κ3) is 1.17. The molecule has 0 aromatic carbocycles. The fraction of sp³-hybridized carbons (Fsp3) is 0.250. The minimum Gasteiger partial charge on any atom is -0.411 e. The van der Waals surface area contributed by atoms with Gasteiger partial charge in [0.05, 0.1) is 17.5 Å². The molecule has 0 aliphatic heterocycles. The van der Waals surface area contributed by atoms with Gasteiger partial charge in [-0.3, -0.25) is 0 Å². The summed E-state index contributed by atoms with van der Waals surface area (Å²) in [5.74, 6) is 0. The quantitative estimate of drug-likeness (QED) is 0.372. The first-order chi connectivity index (χ1) is 5.70. The largest absolute Gasteiger partial charge is 0.411 e. The summed E-state index contributed by atoms with van der Waals surface area (Å²) < 4.78 is 0. The van der Waals surface area contributed by atoms with Gasteiger partial charge in [0, 0.05) is 5.69 Å². The second-order valence-corrected chi connectivity index (χ2v) is 2.52. The number of hydrogen-bond acceptors (Lipinski definition) is 3. The van der Waals surface area contributed by atoms with Gasteiger partial charge in [0.1, 0.15) is 6.07 Å². The molecule has 0 spiro atoms. The van der Waals surface area contributed by atoms with Crippen molar-refractivity contribution in [3.8, 4) is 6.07 Å². The van der Waals surface area contributed by atoms with Gasteiger partial charge in [-0.05, 0) is 19.4 Å². The summed E-state index contributed by atoms with van der Waals surface area (Å²) in [6.45, 7) is 3.61. The van der Waals surface area contributed by atoms with Crippen LogP contribution in [-0.2, 0) is 0 Å². The number of aromatic nitrogens is 1. The van der Waals surface area contributed by atoms with Crippen molar-refractivity contribution in [1.29, 1.82) is 5.26 Å². The van der Waals surface area contributed by atoms with E-state index in [1.165, 1.54) is 6.21 Å². The Hall–Kier alpha value is -1.76. The molecule has 0 fully saturated rings. The van der Waals surface area contributed by atoms with Gasteiger partial charge in [-0.25, -0.2) is 0 Å². The molecule has 12 heavy (non-hydrogen) atoms. The number of H-pyrrole nitrogens is 1. The first kappa shape index (κ1) is 8.34. The monoisotopic (exact) mass is 163 g/mol. The Labute approximate surface area is 70.1 Å². The van der Waals surface area contributed by atoms with Gasteiger partial charge in [-0.2, -0.15) is 5.26 Å². The van der Waals surface area contributed by atoms with E-state index in [1.807, 2.05) is 0 Å². The maximum atomic E-state index is 8.70. The molecule has 1 rings (SSSR count). The molecule has 0 atom stereocenters. The normalized spacial score (nSPS) is 10.4. The number of hydrogen-bond donors (Lipinski definition) is 2. The van der Waals surface area contributed by atoms with Crippen molar-refractivity contribution in [1.82, 2.24) is 4.98 Å². The molecule has 1 aromatic rings. The summed E-state index contributed by atoms with van der Waals surface area (Å²) in [6, 6.07) is 2.07. The van der Waals surface area contributed by atoms with Crippen LogP contribution in [0.15, 0.2) is 5.16 Å². The van der Waals surface area contributed by atoms with Gasteiger partial charge in [0.15, 0.2) is 0 Å². The van der Waals surface area contributed by atoms with Crippen molar-refractivity contribution in [3.05, 3.63) is 22.5 Å². The highest BCUT2D eigenvalue weighted by Crippen LogP contribution is 2.14. The Bertz CT molecular complexity index is 357. The van der Waals surface area contributed by atoms with Crippen molar-refractivity contribution in [2.75, 3.05) is 0 Å². The Morgan fingerprint density at radius 1 is 1.58 bits per heavy atom. The number of oxime groups is 1. The van der Waals surface area contributed by atoms with Gasteiger partial charge < -0.3 is 10.2 Å². The summed E-state index contributed by atoms with van der Waals surface area (Å²) in [5.41, 5.74) is 2.90. The highest BCUT2D eigenvalue weighted by atomic mass is 16.4. The topological polar surface area (TPSA) is 72.2 Å². The zero-order chi connectivity index (χ0) is 9.14. The molecule has 62 valence electrons. The van der Waals surface area contributed by atoms with Gasteiger partial charge in [-0.1, -0.05) is 5.16 Å². The summed E-state index contributed by atoms with van der Waals surface area (Å²) in [5, 5.41) is 19.9. The molecular formula is C8H9N3O. The predicted molar refractivity (Wildman–Crippen MR) is 44.4 cm³/mol. The highest BCUT2D eigenvalue weighted by Gasteiger charge is 2.08. The van der Waals surface area contributed by atoms with Crippen molar-refractivity contribution in [3.63, 3.8) is 0 Å². The van der Waals surface area contributed by atoms with E-state index < -0.39 is 0 Å². The van der Waals surface area contributed by atoms with Crippen LogP contribution >= 0.6 is 0 Å². The number of aryl methyl sites for hydroxylation is 1. The number of rotatable bonds is 1. The summed E-state index contributed by atoms with van der Waals surface area (Å²) in [7, 11) is 0. The Morgan fingerprint density at radius 3 is 2.67 bits per heavy atom. The van der Waals surface area contributed by atoms with Gasteiger partial charge >= 0.3 is 0 Å². The lowest BCUT2D eigenvalue weighted by Gasteiger charge is -1.86. The van der Waals surface area contributed by atoms with E-state index >= 15 is 0 Å². The zero-order valence-corrected chi connectivity index (χ0v) is 6.92. The fourth-order valence-electron chi connectivity index (χ4n) is 1.13. The maximum Gasteiger partial charge on any atom is 0.101 e. The fourth-order valence-corrected chi connectivity index (χ4v) is 1.13. The average Bonchev–Trinajstić information content (AvgIpc) is 2.29.